The van der Waals surface area contributed by atoms with Crippen LogP contribution in [0, 0.1) is 11.3 Å². The third kappa shape index (κ3) is 3.61. The highest BCUT2D eigenvalue weighted by Crippen LogP contribution is 2.19. The van der Waals surface area contributed by atoms with Crippen LogP contribution in [0.15, 0.2) is 53.4 Å². The summed E-state index contributed by atoms with van der Waals surface area (Å²) in [6.45, 7) is 0.208. The minimum atomic E-state index is -3.64. The molecule has 0 spiro atoms. The van der Waals surface area contributed by atoms with E-state index in [9.17, 15) is 8.42 Å². The molecule has 108 valence electrons. The first-order chi connectivity index (χ1) is 9.93. The second-order valence-electron chi connectivity index (χ2n) is 4.53. The van der Waals surface area contributed by atoms with Crippen LogP contribution in [0.1, 0.15) is 11.1 Å². The average Bonchev–Trinajstić information content (AvgIpc) is 2.47. The van der Waals surface area contributed by atoms with Gasteiger partial charge in [-0.05, 0) is 35.9 Å². The van der Waals surface area contributed by atoms with Crippen molar-refractivity contribution in [3.63, 3.8) is 0 Å². The fourth-order valence-corrected chi connectivity index (χ4v) is 3.30. The number of benzene rings is 2. The van der Waals surface area contributed by atoms with Crippen LogP contribution < -0.4 is 0 Å². The third-order valence-electron chi connectivity index (χ3n) is 2.97. The van der Waals surface area contributed by atoms with E-state index < -0.39 is 10.0 Å². The van der Waals surface area contributed by atoms with Gasteiger partial charge < -0.3 is 0 Å². The highest BCUT2D eigenvalue weighted by molar-refractivity contribution is 7.89. The first-order valence-electron chi connectivity index (χ1n) is 6.14. The molecule has 0 fully saturated rings. The average molecular weight is 321 g/mol. The monoisotopic (exact) mass is 320 g/mol. The van der Waals surface area contributed by atoms with Gasteiger partial charge in [0.25, 0.3) is 0 Å². The van der Waals surface area contributed by atoms with Gasteiger partial charge in [-0.15, -0.1) is 0 Å². The molecular weight excluding hydrogens is 308 g/mol. The Morgan fingerprint density at radius 2 is 1.90 bits per heavy atom. The van der Waals surface area contributed by atoms with Crippen molar-refractivity contribution in [3.05, 3.63) is 64.7 Å². The van der Waals surface area contributed by atoms with E-state index in [0.717, 1.165) is 5.56 Å². The summed E-state index contributed by atoms with van der Waals surface area (Å²) in [7, 11) is -2.15. The Morgan fingerprint density at radius 3 is 2.57 bits per heavy atom. The molecule has 0 aromatic heterocycles. The van der Waals surface area contributed by atoms with Gasteiger partial charge in [-0.3, -0.25) is 0 Å². The summed E-state index contributed by atoms with van der Waals surface area (Å²) in [5.41, 5.74) is 1.11. The van der Waals surface area contributed by atoms with Crippen LogP contribution in [0.5, 0.6) is 0 Å². The van der Waals surface area contributed by atoms with E-state index >= 15 is 0 Å². The molecule has 2 aromatic carbocycles. The SMILES string of the molecule is CN(Cc1cccc(Cl)c1)S(=O)(=O)c1cccc(C#N)c1. The van der Waals surface area contributed by atoms with Gasteiger partial charge in [0.2, 0.25) is 10.0 Å². The van der Waals surface area contributed by atoms with E-state index in [0.29, 0.717) is 10.6 Å². The van der Waals surface area contributed by atoms with Crippen molar-refractivity contribution in [2.45, 2.75) is 11.4 Å². The molecule has 0 radical (unpaired) electrons. The summed E-state index contributed by atoms with van der Waals surface area (Å²) < 4.78 is 26.2. The lowest BCUT2D eigenvalue weighted by Crippen LogP contribution is -2.26. The lowest BCUT2D eigenvalue weighted by atomic mass is 10.2. The molecule has 2 rings (SSSR count). The van der Waals surface area contributed by atoms with Crippen molar-refractivity contribution in [3.8, 4) is 6.07 Å². The second kappa shape index (κ2) is 6.27. The van der Waals surface area contributed by atoms with Crippen molar-refractivity contribution >= 4 is 21.6 Å². The molecular formula is C15H13ClN2O2S. The van der Waals surface area contributed by atoms with Crippen LogP contribution >= 0.6 is 11.6 Å². The Balaban J connectivity index is 2.28. The van der Waals surface area contributed by atoms with Crippen LogP contribution in [-0.4, -0.2) is 19.8 Å². The van der Waals surface area contributed by atoms with Gasteiger partial charge in [-0.1, -0.05) is 29.8 Å². The summed E-state index contributed by atoms with van der Waals surface area (Å²) in [6.07, 6.45) is 0. The van der Waals surface area contributed by atoms with E-state index in [-0.39, 0.29) is 11.4 Å². The molecule has 0 aliphatic heterocycles. The minimum Gasteiger partial charge on any atom is -0.207 e. The molecule has 4 nitrogen and oxygen atoms in total. The number of sulfonamides is 1. The van der Waals surface area contributed by atoms with Crippen LogP contribution in [0.2, 0.25) is 5.02 Å². The zero-order valence-corrected chi connectivity index (χ0v) is 12.9. The van der Waals surface area contributed by atoms with E-state index in [1.165, 1.54) is 23.5 Å². The standard InChI is InChI=1S/C15H13ClN2O2S/c1-18(11-13-5-2-6-14(16)8-13)21(19,20)15-7-3-4-12(9-15)10-17/h2-9H,11H2,1H3. The quantitative estimate of drug-likeness (QED) is 0.870. The number of hydrogen-bond donors (Lipinski definition) is 0. The summed E-state index contributed by atoms with van der Waals surface area (Å²) in [4.78, 5) is 0.103. The van der Waals surface area contributed by atoms with E-state index in [2.05, 4.69) is 0 Å². The fourth-order valence-electron chi connectivity index (χ4n) is 1.88. The van der Waals surface area contributed by atoms with Gasteiger partial charge in [0.05, 0.1) is 16.5 Å². The minimum absolute atomic E-state index is 0.103. The summed E-state index contributed by atoms with van der Waals surface area (Å²) in [5, 5.41) is 9.42. The van der Waals surface area contributed by atoms with Crippen molar-refractivity contribution in [1.82, 2.24) is 4.31 Å². The first-order valence-corrected chi connectivity index (χ1v) is 7.96. The summed E-state index contributed by atoms with van der Waals surface area (Å²) in [6, 6.07) is 14.9. The second-order valence-corrected chi connectivity index (χ2v) is 7.01. The van der Waals surface area contributed by atoms with Gasteiger partial charge in [0, 0.05) is 18.6 Å². The Labute approximate surface area is 129 Å². The molecule has 0 aliphatic carbocycles. The zero-order chi connectivity index (χ0) is 15.5. The van der Waals surface area contributed by atoms with Gasteiger partial charge in [-0.25, -0.2) is 8.42 Å². The Bertz CT molecular complexity index is 797. The molecule has 0 saturated heterocycles. The predicted molar refractivity (Wildman–Crippen MR) is 81.3 cm³/mol. The molecule has 0 atom stereocenters. The molecule has 21 heavy (non-hydrogen) atoms. The number of nitrogens with zero attached hydrogens (tertiary/aromatic N) is 2. The largest absolute Gasteiger partial charge is 0.243 e. The van der Waals surface area contributed by atoms with E-state index in [1.807, 2.05) is 12.1 Å². The van der Waals surface area contributed by atoms with Crippen LogP contribution in [0.3, 0.4) is 0 Å². The summed E-state index contributed by atoms with van der Waals surface area (Å²) >= 11 is 5.90. The zero-order valence-electron chi connectivity index (χ0n) is 11.3. The molecule has 2 aromatic rings. The van der Waals surface area contributed by atoms with Crippen molar-refractivity contribution in [2.24, 2.45) is 0 Å². The topological polar surface area (TPSA) is 61.2 Å². The highest BCUT2D eigenvalue weighted by Gasteiger charge is 2.21. The molecule has 0 saturated carbocycles. The predicted octanol–water partition coefficient (Wildman–Crippen LogP) is 3.03. The van der Waals surface area contributed by atoms with E-state index in [4.69, 9.17) is 16.9 Å². The Morgan fingerprint density at radius 1 is 1.19 bits per heavy atom. The summed E-state index contributed by atoms with van der Waals surface area (Å²) in [5.74, 6) is 0. The molecule has 0 N–H and O–H groups in total. The first kappa shape index (κ1) is 15.5. The normalized spacial score (nSPS) is 11.3. The molecule has 0 aliphatic rings. The maximum absolute atomic E-state index is 12.5. The van der Waals surface area contributed by atoms with Gasteiger partial charge in [-0.2, -0.15) is 9.57 Å². The molecule has 6 heteroatoms. The van der Waals surface area contributed by atoms with Crippen LogP contribution in [0.25, 0.3) is 0 Å². The third-order valence-corrected chi connectivity index (χ3v) is 5.00. The molecule has 0 amide bonds. The van der Waals surface area contributed by atoms with Gasteiger partial charge in [0.1, 0.15) is 0 Å². The van der Waals surface area contributed by atoms with Crippen molar-refractivity contribution in [1.29, 1.82) is 5.26 Å². The molecule has 0 bridgehead atoms. The van der Waals surface area contributed by atoms with Crippen molar-refractivity contribution in [2.75, 3.05) is 7.05 Å². The Hall–Kier alpha value is -1.87. The van der Waals surface area contributed by atoms with Crippen LogP contribution in [0.4, 0.5) is 0 Å². The van der Waals surface area contributed by atoms with E-state index in [1.54, 1.807) is 30.3 Å². The number of halogens is 1. The fraction of sp³-hybridized carbons (Fsp3) is 0.133. The smallest absolute Gasteiger partial charge is 0.207 e. The lowest BCUT2D eigenvalue weighted by molar-refractivity contribution is 0.466. The lowest BCUT2D eigenvalue weighted by Gasteiger charge is -2.17. The number of nitriles is 1. The highest BCUT2D eigenvalue weighted by atomic mass is 35.5. The van der Waals surface area contributed by atoms with Crippen LogP contribution in [-0.2, 0) is 16.6 Å². The Kier molecular flexibility index (Phi) is 4.63. The van der Waals surface area contributed by atoms with Gasteiger partial charge in [0.15, 0.2) is 0 Å². The van der Waals surface area contributed by atoms with Crippen molar-refractivity contribution < 1.29 is 8.42 Å². The number of hydrogen-bond acceptors (Lipinski definition) is 3. The molecule has 0 heterocycles. The molecule has 0 unspecified atom stereocenters. The maximum Gasteiger partial charge on any atom is 0.243 e. The maximum atomic E-state index is 12.5. The number of rotatable bonds is 4. The van der Waals surface area contributed by atoms with Gasteiger partial charge >= 0.3 is 0 Å².